The van der Waals surface area contributed by atoms with Crippen molar-refractivity contribution in [3.05, 3.63) is 40.0 Å². The van der Waals surface area contributed by atoms with E-state index in [0.29, 0.717) is 28.4 Å². The van der Waals surface area contributed by atoms with Gasteiger partial charge in [0, 0.05) is 10.6 Å². The molecule has 19 heavy (non-hydrogen) atoms. The first-order valence-electron chi connectivity index (χ1n) is 5.71. The van der Waals surface area contributed by atoms with Gasteiger partial charge in [-0.2, -0.15) is 0 Å². The number of carbonyl (C=O) groups is 1. The van der Waals surface area contributed by atoms with Crippen LogP contribution < -0.4 is 4.74 Å². The molecule has 0 N–H and O–H groups in total. The topological polar surface area (TPSA) is 52.1 Å². The minimum atomic E-state index is 0.290. The van der Waals surface area contributed by atoms with Gasteiger partial charge in [0.25, 0.3) is 0 Å². The number of ether oxygens (including phenoxy) is 1. The van der Waals surface area contributed by atoms with Crippen molar-refractivity contribution in [2.75, 3.05) is 7.11 Å². The van der Waals surface area contributed by atoms with Gasteiger partial charge >= 0.3 is 0 Å². The Morgan fingerprint density at radius 2 is 2.00 bits per heavy atom. The van der Waals surface area contributed by atoms with E-state index in [0.717, 1.165) is 16.7 Å². The minimum absolute atomic E-state index is 0.290. The Labute approximate surface area is 116 Å². The number of methoxy groups -OCH3 is 1. The summed E-state index contributed by atoms with van der Waals surface area (Å²) in [7, 11) is 1.60. The average Bonchev–Trinajstić information content (AvgIpc) is 2.44. The first kappa shape index (κ1) is 13.5. The van der Waals surface area contributed by atoms with Gasteiger partial charge in [0.1, 0.15) is 11.4 Å². The van der Waals surface area contributed by atoms with Crippen molar-refractivity contribution in [1.82, 2.24) is 10.2 Å². The maximum absolute atomic E-state index is 10.6. The Morgan fingerprint density at radius 1 is 1.26 bits per heavy atom. The number of rotatable bonds is 3. The summed E-state index contributed by atoms with van der Waals surface area (Å²) in [6.07, 6.45) is 0.656. The average molecular weight is 277 g/mol. The second-order valence-corrected chi connectivity index (χ2v) is 4.55. The highest BCUT2D eigenvalue weighted by molar-refractivity contribution is 6.32. The van der Waals surface area contributed by atoms with Crippen molar-refractivity contribution >= 4 is 17.9 Å². The lowest BCUT2D eigenvalue weighted by Crippen LogP contribution is -1.98. The van der Waals surface area contributed by atoms with E-state index in [1.165, 1.54) is 0 Å². The maximum atomic E-state index is 10.6. The molecule has 2 aromatic rings. The quantitative estimate of drug-likeness (QED) is 0.808. The molecule has 4 nitrogen and oxygen atoms in total. The summed E-state index contributed by atoms with van der Waals surface area (Å²) in [4.78, 5) is 10.6. The number of aldehydes is 1. The normalized spacial score (nSPS) is 10.3. The molecule has 0 atom stereocenters. The Bertz CT molecular complexity index is 624. The molecule has 1 aromatic carbocycles. The van der Waals surface area contributed by atoms with Crippen LogP contribution in [0.1, 0.15) is 21.6 Å². The van der Waals surface area contributed by atoms with Crippen LogP contribution in [0.3, 0.4) is 0 Å². The number of hydrogen-bond acceptors (Lipinski definition) is 4. The molecule has 0 saturated carbocycles. The highest BCUT2D eigenvalue weighted by Crippen LogP contribution is 2.37. The Kier molecular flexibility index (Phi) is 3.81. The third kappa shape index (κ3) is 2.44. The fourth-order valence-corrected chi connectivity index (χ4v) is 2.09. The van der Waals surface area contributed by atoms with Gasteiger partial charge in [0.15, 0.2) is 6.29 Å². The van der Waals surface area contributed by atoms with Crippen molar-refractivity contribution in [1.29, 1.82) is 0 Å². The number of carbonyl (C=O) groups excluding carboxylic acids is 1. The number of benzene rings is 1. The lowest BCUT2D eigenvalue weighted by molar-refractivity contribution is 0.111. The van der Waals surface area contributed by atoms with Gasteiger partial charge in [-0.3, -0.25) is 4.79 Å². The first-order chi connectivity index (χ1) is 9.08. The summed E-state index contributed by atoms with van der Waals surface area (Å²) in [5, 5.41) is 8.54. The van der Waals surface area contributed by atoms with Crippen molar-refractivity contribution in [3.63, 3.8) is 0 Å². The molecule has 0 aliphatic rings. The Balaban J connectivity index is 2.65. The van der Waals surface area contributed by atoms with E-state index in [-0.39, 0.29) is 0 Å². The second-order valence-electron chi connectivity index (χ2n) is 4.17. The zero-order valence-corrected chi connectivity index (χ0v) is 11.7. The molecule has 0 unspecified atom stereocenters. The number of hydrogen-bond donors (Lipinski definition) is 0. The second kappa shape index (κ2) is 5.36. The summed E-state index contributed by atoms with van der Waals surface area (Å²) in [5.74, 6) is 0.688. The largest absolute Gasteiger partial charge is 0.496 e. The van der Waals surface area contributed by atoms with Crippen LogP contribution in [0.15, 0.2) is 18.2 Å². The molecule has 0 amide bonds. The highest BCUT2D eigenvalue weighted by Gasteiger charge is 2.15. The van der Waals surface area contributed by atoms with Crippen molar-refractivity contribution in [3.8, 4) is 17.0 Å². The maximum Gasteiger partial charge on any atom is 0.170 e. The summed E-state index contributed by atoms with van der Waals surface area (Å²) in [5.41, 5.74) is 3.53. The molecular weight excluding hydrogens is 264 g/mol. The van der Waals surface area contributed by atoms with E-state index in [9.17, 15) is 4.79 Å². The van der Waals surface area contributed by atoms with Crippen LogP contribution >= 0.6 is 11.6 Å². The first-order valence-corrected chi connectivity index (χ1v) is 6.09. The van der Waals surface area contributed by atoms with E-state index in [4.69, 9.17) is 16.3 Å². The van der Waals surface area contributed by atoms with E-state index in [1.54, 1.807) is 19.2 Å². The van der Waals surface area contributed by atoms with Crippen LogP contribution in [0, 0.1) is 13.8 Å². The summed E-state index contributed by atoms with van der Waals surface area (Å²) in [6.45, 7) is 3.82. The number of aryl methyl sites for hydroxylation is 1. The Morgan fingerprint density at radius 3 is 2.53 bits per heavy atom. The SMILES string of the molecule is COc1cc(C)c(Cl)c(C)c1-c1ccc(C=O)nn1. The predicted molar refractivity (Wildman–Crippen MR) is 73.9 cm³/mol. The molecular formula is C14H13ClN2O2. The van der Waals surface area contributed by atoms with Gasteiger partial charge in [0.05, 0.1) is 12.8 Å². The summed E-state index contributed by atoms with van der Waals surface area (Å²) < 4.78 is 5.38. The van der Waals surface area contributed by atoms with Crippen LogP contribution in [0.25, 0.3) is 11.3 Å². The molecule has 98 valence electrons. The van der Waals surface area contributed by atoms with Gasteiger partial charge in [-0.05, 0) is 43.2 Å². The molecule has 5 heteroatoms. The molecule has 0 fully saturated rings. The van der Waals surface area contributed by atoms with Crippen LogP contribution in [-0.4, -0.2) is 23.6 Å². The lowest BCUT2D eigenvalue weighted by Gasteiger charge is -2.14. The van der Waals surface area contributed by atoms with E-state index >= 15 is 0 Å². The number of aromatic nitrogens is 2. The van der Waals surface area contributed by atoms with Crippen LogP contribution in [0.4, 0.5) is 0 Å². The van der Waals surface area contributed by atoms with Gasteiger partial charge in [0.2, 0.25) is 0 Å². The van der Waals surface area contributed by atoms with E-state index in [1.807, 2.05) is 19.9 Å². The third-order valence-corrected chi connectivity index (χ3v) is 3.51. The molecule has 0 radical (unpaired) electrons. The summed E-state index contributed by atoms with van der Waals surface area (Å²) in [6, 6.07) is 5.20. The zero-order valence-electron chi connectivity index (χ0n) is 10.9. The molecule has 0 bridgehead atoms. The molecule has 1 heterocycles. The van der Waals surface area contributed by atoms with E-state index in [2.05, 4.69) is 10.2 Å². The van der Waals surface area contributed by atoms with Gasteiger partial charge < -0.3 is 4.74 Å². The fourth-order valence-electron chi connectivity index (χ4n) is 1.94. The van der Waals surface area contributed by atoms with Crippen molar-refractivity contribution in [2.24, 2.45) is 0 Å². The minimum Gasteiger partial charge on any atom is -0.496 e. The van der Waals surface area contributed by atoms with Crippen molar-refractivity contribution < 1.29 is 9.53 Å². The lowest BCUT2D eigenvalue weighted by atomic mass is 10.0. The van der Waals surface area contributed by atoms with Gasteiger partial charge in [-0.15, -0.1) is 10.2 Å². The smallest absolute Gasteiger partial charge is 0.170 e. The highest BCUT2D eigenvalue weighted by atomic mass is 35.5. The molecule has 1 aromatic heterocycles. The Hall–Kier alpha value is -1.94. The predicted octanol–water partition coefficient (Wildman–Crippen LogP) is 3.23. The molecule has 0 saturated heterocycles. The molecule has 2 rings (SSSR count). The third-order valence-electron chi connectivity index (χ3n) is 2.93. The van der Waals surface area contributed by atoms with Crippen molar-refractivity contribution in [2.45, 2.75) is 13.8 Å². The monoisotopic (exact) mass is 276 g/mol. The number of halogens is 1. The summed E-state index contributed by atoms with van der Waals surface area (Å²) >= 11 is 6.26. The number of nitrogens with zero attached hydrogens (tertiary/aromatic N) is 2. The molecule has 0 aliphatic carbocycles. The molecule has 0 spiro atoms. The van der Waals surface area contributed by atoms with Crippen LogP contribution in [0.5, 0.6) is 5.75 Å². The van der Waals surface area contributed by atoms with Crippen LogP contribution in [0.2, 0.25) is 5.02 Å². The standard InChI is InChI=1S/C14H13ClN2O2/c1-8-6-12(19-3)13(9(2)14(8)15)11-5-4-10(7-18)16-17-11/h4-7H,1-3H3. The fraction of sp³-hybridized carbons (Fsp3) is 0.214. The molecule has 0 aliphatic heterocycles. The zero-order chi connectivity index (χ0) is 14.0. The van der Waals surface area contributed by atoms with Gasteiger partial charge in [-0.1, -0.05) is 11.6 Å². The van der Waals surface area contributed by atoms with E-state index < -0.39 is 0 Å². The van der Waals surface area contributed by atoms with Crippen LogP contribution in [-0.2, 0) is 0 Å². The van der Waals surface area contributed by atoms with Gasteiger partial charge in [-0.25, -0.2) is 0 Å².